The summed E-state index contributed by atoms with van der Waals surface area (Å²) in [5.74, 6) is -0.617. The van der Waals surface area contributed by atoms with Crippen LogP contribution in [-0.4, -0.2) is 15.8 Å². The Bertz CT molecular complexity index is 1320. The molecule has 156 valence electrons. The monoisotopic (exact) mass is 434 g/mol. The lowest BCUT2D eigenvalue weighted by Gasteiger charge is -2.23. The first-order valence-electron chi connectivity index (χ1n) is 9.81. The lowest BCUT2D eigenvalue weighted by atomic mass is 10.1. The third-order valence-electron chi connectivity index (χ3n) is 5.08. The Morgan fingerprint density at radius 2 is 1.77 bits per heavy atom. The second-order valence-corrected chi connectivity index (χ2v) is 7.95. The Morgan fingerprint density at radius 1 is 1.00 bits per heavy atom. The van der Waals surface area contributed by atoms with E-state index >= 15 is 0 Å². The molecule has 0 fully saturated rings. The van der Waals surface area contributed by atoms with E-state index in [1.54, 1.807) is 41.3 Å². The number of hydrogen-bond acceptors (Lipinski definition) is 2. The Hall–Kier alpha value is -3.44. The van der Waals surface area contributed by atoms with Crippen LogP contribution in [-0.2, 0) is 13.1 Å². The molecule has 0 unspecified atom stereocenters. The van der Waals surface area contributed by atoms with Crippen LogP contribution in [0.2, 0.25) is 5.02 Å². The molecule has 0 saturated carbocycles. The van der Waals surface area contributed by atoms with Gasteiger partial charge >= 0.3 is 0 Å². The predicted octanol–water partition coefficient (Wildman–Crippen LogP) is 5.47. The number of nitrogens with zero attached hydrogens (tertiary/aromatic N) is 1. The Labute approximate surface area is 183 Å². The maximum absolute atomic E-state index is 13.3. The van der Waals surface area contributed by atoms with Crippen molar-refractivity contribution < 1.29 is 9.18 Å². The smallest absolute Gasteiger partial charge is 0.254 e. The number of aromatic nitrogens is 1. The van der Waals surface area contributed by atoms with Crippen LogP contribution < -0.4 is 5.56 Å². The van der Waals surface area contributed by atoms with Crippen molar-refractivity contribution in [3.63, 3.8) is 0 Å². The van der Waals surface area contributed by atoms with E-state index in [0.29, 0.717) is 16.1 Å². The lowest BCUT2D eigenvalue weighted by molar-refractivity contribution is 0.0729. The van der Waals surface area contributed by atoms with Crippen LogP contribution in [0.1, 0.15) is 27.0 Å². The summed E-state index contributed by atoms with van der Waals surface area (Å²) >= 11 is 6.07. The van der Waals surface area contributed by atoms with Crippen LogP contribution in [0.15, 0.2) is 77.6 Å². The van der Waals surface area contributed by atoms with E-state index in [1.807, 2.05) is 31.2 Å². The summed E-state index contributed by atoms with van der Waals surface area (Å²) in [5, 5.41) is 1.35. The summed E-state index contributed by atoms with van der Waals surface area (Å²) in [6.45, 7) is 2.30. The number of fused-ring (bicyclic) bond motifs is 1. The topological polar surface area (TPSA) is 53.2 Å². The van der Waals surface area contributed by atoms with E-state index in [4.69, 9.17) is 11.6 Å². The molecule has 4 rings (SSSR count). The van der Waals surface area contributed by atoms with Crippen LogP contribution in [0.3, 0.4) is 0 Å². The quantitative estimate of drug-likeness (QED) is 0.452. The average molecular weight is 435 g/mol. The van der Waals surface area contributed by atoms with E-state index in [0.717, 1.165) is 22.0 Å². The molecular formula is C25H20ClFN2O2. The number of benzene rings is 3. The molecular weight excluding hydrogens is 415 g/mol. The molecule has 31 heavy (non-hydrogen) atoms. The number of hydrogen-bond donors (Lipinski definition) is 1. The molecule has 1 N–H and O–H groups in total. The van der Waals surface area contributed by atoms with E-state index in [2.05, 4.69) is 4.98 Å². The minimum atomic E-state index is -0.349. The number of aromatic amines is 1. The minimum absolute atomic E-state index is 0.0991. The second kappa shape index (κ2) is 8.74. The largest absolute Gasteiger partial charge is 0.330 e. The molecule has 0 radical (unpaired) electrons. The second-order valence-electron chi connectivity index (χ2n) is 7.51. The van der Waals surface area contributed by atoms with E-state index in [9.17, 15) is 14.0 Å². The number of nitrogens with one attached hydrogen (secondary N) is 1. The number of aryl methyl sites for hydroxylation is 1. The zero-order valence-electron chi connectivity index (χ0n) is 16.9. The average Bonchev–Trinajstić information content (AvgIpc) is 2.75. The molecule has 0 spiro atoms. The minimum Gasteiger partial charge on any atom is -0.330 e. The Morgan fingerprint density at radius 3 is 2.52 bits per heavy atom. The fourth-order valence-corrected chi connectivity index (χ4v) is 3.70. The predicted molar refractivity (Wildman–Crippen MR) is 121 cm³/mol. The third-order valence-corrected chi connectivity index (χ3v) is 5.32. The third kappa shape index (κ3) is 4.84. The van der Waals surface area contributed by atoms with Crippen molar-refractivity contribution in [2.24, 2.45) is 0 Å². The van der Waals surface area contributed by atoms with Crippen molar-refractivity contribution in [3.05, 3.63) is 116 Å². The van der Waals surface area contributed by atoms with Crippen molar-refractivity contribution in [2.75, 3.05) is 0 Å². The summed E-state index contributed by atoms with van der Waals surface area (Å²) in [4.78, 5) is 30.4. The maximum Gasteiger partial charge on any atom is 0.254 e. The van der Waals surface area contributed by atoms with E-state index < -0.39 is 0 Å². The van der Waals surface area contributed by atoms with Gasteiger partial charge < -0.3 is 9.88 Å². The van der Waals surface area contributed by atoms with Gasteiger partial charge in [-0.05, 0) is 66.4 Å². The number of H-pyrrole nitrogens is 1. The van der Waals surface area contributed by atoms with Crippen LogP contribution in [0.4, 0.5) is 4.39 Å². The maximum atomic E-state index is 13.3. The molecule has 4 aromatic rings. The van der Waals surface area contributed by atoms with Gasteiger partial charge in [0.05, 0.1) is 6.54 Å². The molecule has 0 bridgehead atoms. The summed E-state index contributed by atoms with van der Waals surface area (Å²) in [5.41, 5.74) is 3.21. The van der Waals surface area contributed by atoms with Crippen LogP contribution >= 0.6 is 11.6 Å². The SMILES string of the molecule is Cc1ccc2[nH]c(=O)c(CN(Cc3ccc(F)cc3)C(=O)c3cccc(Cl)c3)cc2c1. The van der Waals surface area contributed by atoms with Crippen LogP contribution in [0.5, 0.6) is 0 Å². The van der Waals surface area contributed by atoms with Crippen molar-refractivity contribution in [3.8, 4) is 0 Å². The molecule has 0 saturated heterocycles. The number of rotatable bonds is 5. The van der Waals surface area contributed by atoms with Gasteiger partial charge in [-0.2, -0.15) is 0 Å². The summed E-state index contributed by atoms with van der Waals surface area (Å²) < 4.78 is 13.3. The highest BCUT2D eigenvalue weighted by atomic mass is 35.5. The van der Waals surface area contributed by atoms with Crippen LogP contribution in [0, 0.1) is 12.7 Å². The summed E-state index contributed by atoms with van der Waals surface area (Å²) in [6, 6.07) is 20.2. The van der Waals surface area contributed by atoms with E-state index in [1.165, 1.54) is 12.1 Å². The van der Waals surface area contributed by atoms with Gasteiger partial charge in [-0.3, -0.25) is 9.59 Å². The molecule has 1 heterocycles. The van der Waals surface area contributed by atoms with E-state index in [-0.39, 0.29) is 30.4 Å². The first kappa shape index (κ1) is 20.8. The fraction of sp³-hybridized carbons (Fsp3) is 0.120. The number of amides is 1. The number of pyridine rings is 1. The standard InChI is InChI=1S/C25H20ClFN2O2/c1-16-5-10-23-19(11-16)12-20(24(30)28-23)15-29(14-17-6-8-22(27)9-7-17)25(31)18-3-2-4-21(26)13-18/h2-13H,14-15H2,1H3,(H,28,30). The van der Waals surface area contributed by atoms with Gasteiger partial charge in [0.15, 0.2) is 0 Å². The number of halogens is 2. The highest BCUT2D eigenvalue weighted by Crippen LogP contribution is 2.19. The Balaban J connectivity index is 1.72. The summed E-state index contributed by atoms with van der Waals surface area (Å²) in [6.07, 6.45) is 0. The van der Waals surface area contributed by atoms with Gasteiger partial charge in [0, 0.05) is 28.2 Å². The van der Waals surface area contributed by atoms with Crippen molar-refractivity contribution in [1.82, 2.24) is 9.88 Å². The molecule has 0 atom stereocenters. The highest BCUT2D eigenvalue weighted by molar-refractivity contribution is 6.30. The Kier molecular flexibility index (Phi) is 5.87. The van der Waals surface area contributed by atoms with Gasteiger partial charge in [0.25, 0.3) is 11.5 Å². The zero-order valence-corrected chi connectivity index (χ0v) is 17.6. The molecule has 1 amide bonds. The van der Waals surface area contributed by atoms with Gasteiger partial charge in [-0.1, -0.05) is 41.4 Å². The molecule has 6 heteroatoms. The summed E-state index contributed by atoms with van der Waals surface area (Å²) in [7, 11) is 0. The van der Waals surface area contributed by atoms with Crippen molar-refractivity contribution >= 4 is 28.4 Å². The highest BCUT2D eigenvalue weighted by Gasteiger charge is 2.19. The van der Waals surface area contributed by atoms with Crippen molar-refractivity contribution in [2.45, 2.75) is 20.0 Å². The van der Waals surface area contributed by atoms with Gasteiger partial charge in [0.1, 0.15) is 5.82 Å². The fourth-order valence-electron chi connectivity index (χ4n) is 3.51. The first-order chi connectivity index (χ1) is 14.9. The normalized spacial score (nSPS) is 10.9. The molecule has 4 nitrogen and oxygen atoms in total. The van der Waals surface area contributed by atoms with Gasteiger partial charge in [-0.15, -0.1) is 0 Å². The first-order valence-corrected chi connectivity index (χ1v) is 10.2. The number of carbonyl (C=O) groups excluding carboxylic acids is 1. The van der Waals surface area contributed by atoms with Crippen LogP contribution in [0.25, 0.3) is 10.9 Å². The lowest BCUT2D eigenvalue weighted by Crippen LogP contribution is -2.32. The molecule has 1 aromatic heterocycles. The molecule has 0 aliphatic rings. The molecule has 0 aliphatic heterocycles. The van der Waals surface area contributed by atoms with Gasteiger partial charge in [-0.25, -0.2) is 4.39 Å². The molecule has 3 aromatic carbocycles. The molecule has 0 aliphatic carbocycles. The number of carbonyl (C=O) groups is 1. The van der Waals surface area contributed by atoms with Gasteiger partial charge in [0.2, 0.25) is 0 Å². The van der Waals surface area contributed by atoms with Crippen molar-refractivity contribution in [1.29, 1.82) is 0 Å². The zero-order chi connectivity index (χ0) is 22.0.